The number of nitrogens with two attached hydrogens (primary N) is 1. The maximum atomic E-state index is 12.1. The Labute approximate surface area is 88.5 Å². The van der Waals surface area contributed by atoms with Gasteiger partial charge in [-0.3, -0.25) is 5.10 Å². The van der Waals surface area contributed by atoms with E-state index in [1.165, 1.54) is 16.6 Å². The molecule has 2 rings (SSSR count). The number of hydrogen-bond acceptors (Lipinski definition) is 4. The SMILES string of the molecule is NCCN(C1CC1)S(=O)(=O)c1ccn[nH]1. The molecule has 15 heavy (non-hydrogen) atoms. The van der Waals surface area contributed by atoms with Gasteiger partial charge in [0.15, 0.2) is 5.03 Å². The summed E-state index contributed by atoms with van der Waals surface area (Å²) in [5.41, 5.74) is 5.41. The summed E-state index contributed by atoms with van der Waals surface area (Å²) < 4.78 is 25.6. The second-order valence-corrected chi connectivity index (χ2v) is 5.42. The van der Waals surface area contributed by atoms with E-state index in [-0.39, 0.29) is 11.1 Å². The Kier molecular flexibility index (Phi) is 2.76. The van der Waals surface area contributed by atoms with Crippen molar-refractivity contribution in [2.24, 2.45) is 5.73 Å². The molecule has 0 radical (unpaired) electrons. The first kappa shape index (κ1) is 10.6. The van der Waals surface area contributed by atoms with Crippen LogP contribution in [0.3, 0.4) is 0 Å². The molecule has 1 heterocycles. The van der Waals surface area contributed by atoms with E-state index in [0.717, 1.165) is 12.8 Å². The molecule has 3 N–H and O–H groups in total. The molecule has 0 spiro atoms. The van der Waals surface area contributed by atoms with E-state index in [9.17, 15) is 8.42 Å². The molecule has 1 aromatic rings. The Morgan fingerprint density at radius 2 is 2.33 bits per heavy atom. The third kappa shape index (κ3) is 2.04. The van der Waals surface area contributed by atoms with Gasteiger partial charge in [-0.2, -0.15) is 9.40 Å². The number of nitrogens with one attached hydrogen (secondary N) is 1. The van der Waals surface area contributed by atoms with Crippen molar-refractivity contribution in [3.05, 3.63) is 12.3 Å². The molecule has 0 saturated heterocycles. The molecule has 0 amide bonds. The van der Waals surface area contributed by atoms with Crippen molar-refractivity contribution < 1.29 is 8.42 Å². The van der Waals surface area contributed by atoms with E-state index in [0.29, 0.717) is 13.1 Å². The first-order valence-corrected chi connectivity index (χ1v) is 6.31. The second kappa shape index (κ2) is 3.92. The van der Waals surface area contributed by atoms with Crippen molar-refractivity contribution in [2.45, 2.75) is 23.9 Å². The lowest BCUT2D eigenvalue weighted by Crippen LogP contribution is -2.37. The standard InChI is InChI=1S/C8H14N4O2S/c9-4-6-12(7-1-2-7)15(13,14)8-3-5-10-11-8/h3,5,7H,1-2,4,6,9H2,(H,10,11). The Morgan fingerprint density at radius 1 is 1.60 bits per heavy atom. The fourth-order valence-corrected chi connectivity index (χ4v) is 3.10. The third-order valence-corrected chi connectivity index (χ3v) is 4.25. The van der Waals surface area contributed by atoms with Gasteiger partial charge in [0.05, 0.1) is 6.20 Å². The zero-order valence-electron chi connectivity index (χ0n) is 8.26. The van der Waals surface area contributed by atoms with Crippen LogP contribution in [0.5, 0.6) is 0 Å². The third-order valence-electron chi connectivity index (χ3n) is 2.37. The summed E-state index contributed by atoms with van der Waals surface area (Å²) in [7, 11) is -3.42. The average molecular weight is 230 g/mol. The summed E-state index contributed by atoms with van der Waals surface area (Å²) in [5.74, 6) is 0. The lowest BCUT2D eigenvalue weighted by molar-refractivity contribution is 0.409. The van der Waals surface area contributed by atoms with Crippen LogP contribution in [0.15, 0.2) is 17.3 Å². The molecular weight excluding hydrogens is 216 g/mol. The summed E-state index contributed by atoms with van der Waals surface area (Å²) in [6.07, 6.45) is 3.28. The molecule has 0 aromatic carbocycles. The fraction of sp³-hybridized carbons (Fsp3) is 0.625. The molecule has 1 fully saturated rings. The lowest BCUT2D eigenvalue weighted by atomic mass is 10.6. The Hall–Kier alpha value is -0.920. The van der Waals surface area contributed by atoms with Crippen LogP contribution in [0.2, 0.25) is 0 Å². The number of rotatable bonds is 5. The molecule has 1 aliphatic rings. The molecule has 0 aliphatic heterocycles. The van der Waals surface area contributed by atoms with Gasteiger partial charge in [0.25, 0.3) is 10.0 Å². The summed E-state index contributed by atoms with van der Waals surface area (Å²) in [4.78, 5) is 0. The molecule has 7 heteroatoms. The van der Waals surface area contributed by atoms with Gasteiger partial charge < -0.3 is 5.73 Å². The smallest absolute Gasteiger partial charge is 0.260 e. The number of aromatic amines is 1. The Balaban J connectivity index is 2.26. The topological polar surface area (TPSA) is 92.1 Å². The van der Waals surface area contributed by atoms with E-state index >= 15 is 0 Å². The highest BCUT2D eigenvalue weighted by molar-refractivity contribution is 7.89. The van der Waals surface area contributed by atoms with Gasteiger partial charge in [0.1, 0.15) is 0 Å². The van der Waals surface area contributed by atoms with Crippen LogP contribution < -0.4 is 5.73 Å². The Bertz CT molecular complexity index is 410. The van der Waals surface area contributed by atoms with Gasteiger partial charge in [-0.05, 0) is 18.9 Å². The minimum absolute atomic E-state index is 0.127. The summed E-state index contributed by atoms with van der Waals surface area (Å²) in [5, 5.41) is 6.27. The van der Waals surface area contributed by atoms with Gasteiger partial charge in [-0.15, -0.1) is 0 Å². The van der Waals surface area contributed by atoms with Crippen LogP contribution >= 0.6 is 0 Å². The molecule has 0 unspecified atom stereocenters. The van der Waals surface area contributed by atoms with Gasteiger partial charge >= 0.3 is 0 Å². The predicted molar refractivity (Wildman–Crippen MR) is 54.6 cm³/mol. The van der Waals surface area contributed by atoms with Crippen molar-refractivity contribution >= 4 is 10.0 Å². The normalized spacial score (nSPS) is 17.2. The van der Waals surface area contributed by atoms with Crippen molar-refractivity contribution in [3.8, 4) is 0 Å². The minimum Gasteiger partial charge on any atom is -0.329 e. The first-order chi connectivity index (χ1) is 7.16. The van der Waals surface area contributed by atoms with Crippen molar-refractivity contribution in [2.75, 3.05) is 13.1 Å². The summed E-state index contributed by atoms with van der Waals surface area (Å²) in [6, 6.07) is 1.59. The largest absolute Gasteiger partial charge is 0.329 e. The molecule has 84 valence electrons. The second-order valence-electron chi connectivity index (χ2n) is 3.56. The maximum absolute atomic E-state index is 12.1. The van der Waals surface area contributed by atoms with E-state index < -0.39 is 10.0 Å². The quantitative estimate of drug-likeness (QED) is 0.714. The molecule has 1 aromatic heterocycles. The van der Waals surface area contributed by atoms with Crippen molar-refractivity contribution in [1.82, 2.24) is 14.5 Å². The molecular formula is C8H14N4O2S. The molecule has 0 bridgehead atoms. The number of sulfonamides is 1. The zero-order chi connectivity index (χ0) is 10.9. The summed E-state index contributed by atoms with van der Waals surface area (Å²) >= 11 is 0. The van der Waals surface area contributed by atoms with Crippen molar-refractivity contribution in [1.29, 1.82) is 0 Å². The number of nitrogens with zero attached hydrogens (tertiary/aromatic N) is 2. The maximum Gasteiger partial charge on any atom is 0.260 e. The molecule has 6 nitrogen and oxygen atoms in total. The number of H-pyrrole nitrogens is 1. The Morgan fingerprint density at radius 3 is 2.80 bits per heavy atom. The fourth-order valence-electron chi connectivity index (χ4n) is 1.50. The van der Waals surface area contributed by atoms with Crippen LogP contribution in [0.1, 0.15) is 12.8 Å². The average Bonchev–Trinajstić information content (AvgIpc) is 2.86. The van der Waals surface area contributed by atoms with Gasteiger partial charge in [-0.25, -0.2) is 8.42 Å². The molecule has 1 aliphatic carbocycles. The highest BCUT2D eigenvalue weighted by atomic mass is 32.2. The first-order valence-electron chi connectivity index (χ1n) is 4.87. The van der Waals surface area contributed by atoms with E-state index in [2.05, 4.69) is 10.2 Å². The van der Waals surface area contributed by atoms with E-state index in [4.69, 9.17) is 5.73 Å². The predicted octanol–water partition coefficient (Wildman–Crippen LogP) is -0.479. The number of hydrogen-bond donors (Lipinski definition) is 2. The van der Waals surface area contributed by atoms with Crippen LogP contribution in [-0.2, 0) is 10.0 Å². The van der Waals surface area contributed by atoms with E-state index in [1.807, 2.05) is 0 Å². The van der Waals surface area contributed by atoms with Crippen LogP contribution in [-0.4, -0.2) is 42.1 Å². The highest BCUT2D eigenvalue weighted by Crippen LogP contribution is 2.30. The molecule has 1 saturated carbocycles. The van der Waals surface area contributed by atoms with Crippen LogP contribution in [0.25, 0.3) is 0 Å². The van der Waals surface area contributed by atoms with Crippen LogP contribution in [0.4, 0.5) is 0 Å². The van der Waals surface area contributed by atoms with Crippen LogP contribution in [0, 0.1) is 0 Å². The highest BCUT2D eigenvalue weighted by Gasteiger charge is 2.37. The lowest BCUT2D eigenvalue weighted by Gasteiger charge is -2.19. The number of aromatic nitrogens is 2. The van der Waals surface area contributed by atoms with E-state index in [1.54, 1.807) is 0 Å². The monoisotopic (exact) mass is 230 g/mol. The van der Waals surface area contributed by atoms with Gasteiger partial charge in [-0.1, -0.05) is 0 Å². The van der Waals surface area contributed by atoms with Gasteiger partial charge in [0.2, 0.25) is 0 Å². The van der Waals surface area contributed by atoms with Gasteiger partial charge in [0, 0.05) is 19.1 Å². The molecule has 0 atom stereocenters. The minimum atomic E-state index is -3.42. The summed E-state index contributed by atoms with van der Waals surface area (Å²) in [6.45, 7) is 0.704. The zero-order valence-corrected chi connectivity index (χ0v) is 9.07. The van der Waals surface area contributed by atoms with Crippen molar-refractivity contribution in [3.63, 3.8) is 0 Å².